The van der Waals surface area contributed by atoms with Crippen LogP contribution >= 0.6 is 0 Å². The first-order chi connectivity index (χ1) is 10.1. The molecule has 2 rings (SSSR count). The molecule has 1 amide bonds. The van der Waals surface area contributed by atoms with Gasteiger partial charge < -0.3 is 20.2 Å². The van der Waals surface area contributed by atoms with E-state index in [0.29, 0.717) is 23.6 Å². The predicted octanol–water partition coefficient (Wildman–Crippen LogP) is 2.17. The van der Waals surface area contributed by atoms with Crippen molar-refractivity contribution in [2.24, 2.45) is 5.73 Å². The standard InChI is InChI=1S/C15H16N2O4/c1-2-20-15(19)10-4-3-5-11(8-10)17-14(18)13-7-6-12(9-16)21-13/h3-8H,2,9,16H2,1H3,(H,17,18). The SMILES string of the molecule is CCOC(=O)c1cccc(NC(=O)c2ccc(CN)o2)c1. The van der Waals surface area contributed by atoms with E-state index in [1.165, 1.54) is 0 Å². The van der Waals surface area contributed by atoms with E-state index in [4.69, 9.17) is 14.9 Å². The molecule has 1 aromatic heterocycles. The molecule has 6 heteroatoms. The maximum absolute atomic E-state index is 12.0. The van der Waals surface area contributed by atoms with Gasteiger partial charge in [0, 0.05) is 5.69 Å². The van der Waals surface area contributed by atoms with Gasteiger partial charge in [-0.15, -0.1) is 0 Å². The molecule has 1 aromatic carbocycles. The molecular formula is C15H16N2O4. The number of furan rings is 1. The van der Waals surface area contributed by atoms with Gasteiger partial charge >= 0.3 is 5.97 Å². The number of carbonyl (C=O) groups is 2. The highest BCUT2D eigenvalue weighted by atomic mass is 16.5. The molecule has 0 aliphatic carbocycles. The van der Waals surface area contributed by atoms with Crippen LogP contribution in [-0.4, -0.2) is 18.5 Å². The summed E-state index contributed by atoms with van der Waals surface area (Å²) in [7, 11) is 0. The third-order valence-corrected chi connectivity index (χ3v) is 2.72. The van der Waals surface area contributed by atoms with Gasteiger partial charge in [-0.2, -0.15) is 0 Å². The smallest absolute Gasteiger partial charge is 0.338 e. The molecule has 0 aliphatic rings. The molecule has 0 aliphatic heterocycles. The van der Waals surface area contributed by atoms with Gasteiger partial charge in [0.15, 0.2) is 5.76 Å². The quantitative estimate of drug-likeness (QED) is 0.822. The molecule has 0 unspecified atom stereocenters. The highest BCUT2D eigenvalue weighted by Crippen LogP contribution is 2.14. The molecule has 0 fully saturated rings. The maximum atomic E-state index is 12.0. The summed E-state index contributed by atoms with van der Waals surface area (Å²) >= 11 is 0. The van der Waals surface area contributed by atoms with Crippen LogP contribution in [0.25, 0.3) is 0 Å². The number of nitrogens with one attached hydrogen (secondary N) is 1. The van der Waals surface area contributed by atoms with Crippen LogP contribution in [0.4, 0.5) is 5.69 Å². The summed E-state index contributed by atoms with van der Waals surface area (Å²) in [5.74, 6) is -0.148. The average molecular weight is 288 g/mol. The first-order valence-corrected chi connectivity index (χ1v) is 6.51. The maximum Gasteiger partial charge on any atom is 0.338 e. The van der Waals surface area contributed by atoms with Crippen LogP contribution < -0.4 is 11.1 Å². The van der Waals surface area contributed by atoms with Crippen LogP contribution in [0, 0.1) is 0 Å². The zero-order valence-electron chi connectivity index (χ0n) is 11.6. The van der Waals surface area contributed by atoms with E-state index in [2.05, 4.69) is 5.32 Å². The van der Waals surface area contributed by atoms with Gasteiger partial charge in [-0.1, -0.05) is 6.07 Å². The molecule has 0 spiro atoms. The van der Waals surface area contributed by atoms with Crippen molar-refractivity contribution in [1.82, 2.24) is 0 Å². The molecule has 2 aromatic rings. The van der Waals surface area contributed by atoms with Crippen molar-refractivity contribution < 1.29 is 18.7 Å². The lowest BCUT2D eigenvalue weighted by Crippen LogP contribution is -2.12. The van der Waals surface area contributed by atoms with Gasteiger partial charge in [0.05, 0.1) is 18.7 Å². The molecule has 110 valence electrons. The van der Waals surface area contributed by atoms with Crippen molar-refractivity contribution in [3.8, 4) is 0 Å². The number of rotatable bonds is 5. The Hall–Kier alpha value is -2.60. The fraction of sp³-hybridized carbons (Fsp3) is 0.200. The molecule has 3 N–H and O–H groups in total. The van der Waals surface area contributed by atoms with Gasteiger partial charge in [-0.3, -0.25) is 4.79 Å². The number of hydrogen-bond donors (Lipinski definition) is 2. The first kappa shape index (κ1) is 14.8. The molecular weight excluding hydrogens is 272 g/mol. The lowest BCUT2D eigenvalue weighted by molar-refractivity contribution is 0.0526. The second kappa shape index (κ2) is 6.71. The zero-order chi connectivity index (χ0) is 15.2. The fourth-order valence-electron chi connectivity index (χ4n) is 1.74. The number of hydrogen-bond acceptors (Lipinski definition) is 5. The number of carbonyl (C=O) groups excluding carboxylic acids is 2. The summed E-state index contributed by atoms with van der Waals surface area (Å²) in [5, 5.41) is 2.65. The minimum absolute atomic E-state index is 0.164. The Balaban J connectivity index is 2.10. The Labute approximate surface area is 121 Å². The van der Waals surface area contributed by atoms with Crippen molar-refractivity contribution in [2.75, 3.05) is 11.9 Å². The number of ether oxygens (including phenoxy) is 1. The normalized spacial score (nSPS) is 10.2. The van der Waals surface area contributed by atoms with E-state index in [9.17, 15) is 9.59 Å². The van der Waals surface area contributed by atoms with Crippen LogP contribution in [0.3, 0.4) is 0 Å². The Morgan fingerprint density at radius 1 is 1.29 bits per heavy atom. The Kier molecular flexibility index (Phi) is 4.73. The summed E-state index contributed by atoms with van der Waals surface area (Å²) in [6.07, 6.45) is 0. The summed E-state index contributed by atoms with van der Waals surface area (Å²) < 4.78 is 10.2. The third kappa shape index (κ3) is 3.70. The average Bonchev–Trinajstić information content (AvgIpc) is 2.97. The predicted molar refractivity (Wildman–Crippen MR) is 77.0 cm³/mol. The minimum atomic E-state index is -0.433. The second-order valence-corrected chi connectivity index (χ2v) is 4.23. The largest absolute Gasteiger partial charge is 0.462 e. The van der Waals surface area contributed by atoms with Gasteiger partial charge in [-0.25, -0.2) is 4.79 Å². The van der Waals surface area contributed by atoms with E-state index >= 15 is 0 Å². The van der Waals surface area contributed by atoms with Crippen molar-refractivity contribution in [2.45, 2.75) is 13.5 Å². The summed E-state index contributed by atoms with van der Waals surface area (Å²) in [6, 6.07) is 9.69. The van der Waals surface area contributed by atoms with Crippen LogP contribution in [0.5, 0.6) is 0 Å². The van der Waals surface area contributed by atoms with Gasteiger partial charge in [0.1, 0.15) is 5.76 Å². The molecule has 0 saturated carbocycles. The Morgan fingerprint density at radius 2 is 2.10 bits per heavy atom. The monoisotopic (exact) mass is 288 g/mol. The summed E-state index contributed by atoms with van der Waals surface area (Å²) in [4.78, 5) is 23.6. The minimum Gasteiger partial charge on any atom is -0.462 e. The van der Waals surface area contributed by atoms with E-state index in [1.54, 1.807) is 43.3 Å². The lowest BCUT2D eigenvalue weighted by Gasteiger charge is -2.06. The van der Waals surface area contributed by atoms with E-state index < -0.39 is 11.9 Å². The fourth-order valence-corrected chi connectivity index (χ4v) is 1.74. The van der Waals surface area contributed by atoms with Crippen molar-refractivity contribution in [3.05, 3.63) is 53.5 Å². The van der Waals surface area contributed by atoms with Gasteiger partial charge in [0.25, 0.3) is 5.91 Å². The van der Waals surface area contributed by atoms with Gasteiger partial charge in [-0.05, 0) is 37.3 Å². The topological polar surface area (TPSA) is 94.6 Å². The van der Waals surface area contributed by atoms with E-state index in [0.717, 1.165) is 0 Å². The highest BCUT2D eigenvalue weighted by Gasteiger charge is 2.12. The number of nitrogens with two attached hydrogens (primary N) is 1. The molecule has 1 heterocycles. The van der Waals surface area contributed by atoms with Gasteiger partial charge in [0.2, 0.25) is 0 Å². The molecule has 0 saturated heterocycles. The van der Waals surface area contributed by atoms with Crippen molar-refractivity contribution in [1.29, 1.82) is 0 Å². The Morgan fingerprint density at radius 3 is 2.76 bits per heavy atom. The molecule has 0 radical (unpaired) electrons. The van der Waals surface area contributed by atoms with Crippen LogP contribution in [0.1, 0.15) is 33.6 Å². The molecule has 0 bridgehead atoms. The first-order valence-electron chi connectivity index (χ1n) is 6.51. The molecule has 6 nitrogen and oxygen atoms in total. The van der Waals surface area contributed by atoms with Crippen LogP contribution in [0.15, 0.2) is 40.8 Å². The third-order valence-electron chi connectivity index (χ3n) is 2.72. The highest BCUT2D eigenvalue weighted by molar-refractivity contribution is 6.03. The molecule has 21 heavy (non-hydrogen) atoms. The Bertz CT molecular complexity index is 649. The van der Waals surface area contributed by atoms with Crippen molar-refractivity contribution >= 4 is 17.6 Å². The number of anilines is 1. The number of esters is 1. The summed E-state index contributed by atoms with van der Waals surface area (Å²) in [5.41, 5.74) is 6.28. The zero-order valence-corrected chi connectivity index (χ0v) is 11.6. The second-order valence-electron chi connectivity index (χ2n) is 4.23. The van der Waals surface area contributed by atoms with E-state index in [1.807, 2.05) is 0 Å². The number of amides is 1. The van der Waals surface area contributed by atoms with Crippen molar-refractivity contribution in [3.63, 3.8) is 0 Å². The van der Waals surface area contributed by atoms with Crippen LogP contribution in [-0.2, 0) is 11.3 Å². The van der Waals surface area contributed by atoms with E-state index in [-0.39, 0.29) is 12.3 Å². The molecule has 0 atom stereocenters. The summed E-state index contributed by atoms with van der Waals surface area (Å²) in [6.45, 7) is 2.25. The van der Waals surface area contributed by atoms with Crippen LogP contribution in [0.2, 0.25) is 0 Å². The lowest BCUT2D eigenvalue weighted by atomic mass is 10.2. The number of benzene rings is 1.